The van der Waals surface area contributed by atoms with Gasteiger partial charge in [-0.05, 0) is 52.0 Å². The summed E-state index contributed by atoms with van der Waals surface area (Å²) >= 11 is 1.27. The molecule has 0 saturated carbocycles. The number of esters is 1. The van der Waals surface area contributed by atoms with Crippen LogP contribution >= 0.6 is 11.3 Å². The predicted molar refractivity (Wildman–Crippen MR) is 127 cm³/mol. The number of benzene rings is 1. The minimum atomic E-state index is -0.721. The lowest BCUT2D eigenvalue weighted by Crippen LogP contribution is -2.40. The highest BCUT2D eigenvalue weighted by atomic mass is 32.1. The van der Waals surface area contributed by atoms with Crippen molar-refractivity contribution in [1.82, 2.24) is 9.55 Å². The van der Waals surface area contributed by atoms with Crippen molar-refractivity contribution < 1.29 is 14.3 Å². The van der Waals surface area contributed by atoms with E-state index in [1.165, 1.54) is 11.3 Å². The van der Waals surface area contributed by atoms with Gasteiger partial charge in [0.05, 0.1) is 34.2 Å². The monoisotopic (exact) mass is 463 g/mol. The summed E-state index contributed by atoms with van der Waals surface area (Å²) in [6.45, 7) is 7.60. The van der Waals surface area contributed by atoms with Crippen LogP contribution in [0.5, 0.6) is 5.75 Å². The van der Waals surface area contributed by atoms with Gasteiger partial charge in [-0.25, -0.2) is 9.79 Å². The van der Waals surface area contributed by atoms with E-state index >= 15 is 0 Å². The molecule has 4 rings (SSSR count). The lowest BCUT2D eigenvalue weighted by atomic mass is 9.95. The molecule has 0 fully saturated rings. The number of nitrogens with zero attached hydrogens (tertiary/aromatic N) is 3. The summed E-state index contributed by atoms with van der Waals surface area (Å²) in [6, 6.07) is 12.2. The number of para-hydroxylation sites is 1. The SMILES string of the molecule is CCOC(=O)C1=C(C)N=c2s/c(=C/c3ccccn3)c(=O)n2C1c1ccccc1OC(C)C. The molecule has 170 valence electrons. The molecule has 3 heterocycles. The van der Waals surface area contributed by atoms with E-state index in [9.17, 15) is 9.59 Å². The summed E-state index contributed by atoms with van der Waals surface area (Å²) in [5.74, 6) is 0.107. The molecule has 1 aliphatic rings. The van der Waals surface area contributed by atoms with Crippen LogP contribution in [0.4, 0.5) is 0 Å². The van der Waals surface area contributed by atoms with Crippen LogP contribution in [0, 0.1) is 0 Å². The number of hydrogen-bond acceptors (Lipinski definition) is 7. The summed E-state index contributed by atoms with van der Waals surface area (Å²) in [7, 11) is 0. The largest absolute Gasteiger partial charge is 0.491 e. The van der Waals surface area contributed by atoms with Crippen LogP contribution in [-0.4, -0.2) is 28.2 Å². The van der Waals surface area contributed by atoms with Crippen molar-refractivity contribution in [2.24, 2.45) is 4.99 Å². The number of hydrogen-bond donors (Lipinski definition) is 0. The molecule has 1 aromatic carbocycles. The summed E-state index contributed by atoms with van der Waals surface area (Å²) in [5.41, 5.74) is 1.97. The van der Waals surface area contributed by atoms with E-state index in [-0.39, 0.29) is 18.3 Å². The second-order valence-electron chi connectivity index (χ2n) is 7.76. The Labute approximate surface area is 195 Å². The Hall–Kier alpha value is -3.52. The van der Waals surface area contributed by atoms with Gasteiger partial charge in [0.1, 0.15) is 11.8 Å². The first-order chi connectivity index (χ1) is 15.9. The molecule has 0 spiro atoms. The number of carbonyl (C=O) groups excluding carboxylic acids is 1. The first-order valence-electron chi connectivity index (χ1n) is 10.8. The molecule has 7 nitrogen and oxygen atoms in total. The van der Waals surface area contributed by atoms with Crippen LogP contribution in [0.3, 0.4) is 0 Å². The van der Waals surface area contributed by atoms with E-state index in [0.29, 0.717) is 37.6 Å². The van der Waals surface area contributed by atoms with Crippen LogP contribution in [0.1, 0.15) is 45.0 Å². The molecule has 1 atom stereocenters. The summed E-state index contributed by atoms with van der Waals surface area (Å²) in [5, 5.41) is 0. The number of fused-ring (bicyclic) bond motifs is 1. The fourth-order valence-corrected chi connectivity index (χ4v) is 4.78. The van der Waals surface area contributed by atoms with Crippen molar-refractivity contribution in [2.75, 3.05) is 6.61 Å². The maximum atomic E-state index is 13.6. The third kappa shape index (κ3) is 4.52. The zero-order valence-electron chi connectivity index (χ0n) is 18.9. The van der Waals surface area contributed by atoms with E-state index in [2.05, 4.69) is 9.98 Å². The smallest absolute Gasteiger partial charge is 0.338 e. The molecule has 8 heteroatoms. The normalized spacial score (nSPS) is 15.9. The minimum absolute atomic E-state index is 0.0812. The number of allylic oxidation sites excluding steroid dienone is 1. The molecule has 33 heavy (non-hydrogen) atoms. The fraction of sp³-hybridized carbons (Fsp3) is 0.280. The number of rotatable bonds is 6. The Balaban J connectivity index is 1.99. The Morgan fingerprint density at radius 3 is 2.67 bits per heavy atom. The Bertz CT molecular complexity index is 1390. The average Bonchev–Trinajstić information content (AvgIpc) is 3.08. The van der Waals surface area contributed by atoms with Gasteiger partial charge in [0.25, 0.3) is 5.56 Å². The van der Waals surface area contributed by atoms with Crippen molar-refractivity contribution in [3.63, 3.8) is 0 Å². The molecule has 2 aromatic heterocycles. The van der Waals surface area contributed by atoms with Crippen molar-refractivity contribution in [3.05, 3.63) is 90.9 Å². The molecule has 0 N–H and O–H groups in total. The van der Waals surface area contributed by atoms with Crippen LogP contribution < -0.4 is 19.6 Å². The number of pyridine rings is 1. The molecular weight excluding hydrogens is 438 g/mol. The molecule has 0 saturated heterocycles. The van der Waals surface area contributed by atoms with Gasteiger partial charge in [-0.3, -0.25) is 14.3 Å². The molecule has 3 aromatic rings. The summed E-state index contributed by atoms with van der Waals surface area (Å²) in [4.78, 5) is 36.0. The van der Waals surface area contributed by atoms with Crippen LogP contribution in [0.25, 0.3) is 6.08 Å². The molecule has 1 unspecified atom stereocenters. The van der Waals surface area contributed by atoms with E-state index in [0.717, 1.165) is 0 Å². The van der Waals surface area contributed by atoms with Crippen molar-refractivity contribution in [1.29, 1.82) is 0 Å². The standard InChI is InChI=1S/C25H25N3O4S/c1-5-31-24(30)21-16(4)27-25-28(22(21)18-11-6-7-12-19(18)32-15(2)3)23(29)20(33-25)14-17-10-8-9-13-26-17/h6-15,22H,5H2,1-4H3/b20-14+. The highest BCUT2D eigenvalue weighted by Gasteiger charge is 2.35. The van der Waals surface area contributed by atoms with E-state index < -0.39 is 12.0 Å². The summed E-state index contributed by atoms with van der Waals surface area (Å²) < 4.78 is 13.4. The highest BCUT2D eigenvalue weighted by molar-refractivity contribution is 7.07. The van der Waals surface area contributed by atoms with Crippen LogP contribution in [0.2, 0.25) is 0 Å². The minimum Gasteiger partial charge on any atom is -0.491 e. The van der Waals surface area contributed by atoms with Gasteiger partial charge in [0, 0.05) is 11.8 Å². The Morgan fingerprint density at radius 2 is 1.97 bits per heavy atom. The molecular formula is C25H25N3O4S. The van der Waals surface area contributed by atoms with Gasteiger partial charge in [0.2, 0.25) is 0 Å². The lowest BCUT2D eigenvalue weighted by molar-refractivity contribution is -0.139. The first kappa shape index (κ1) is 22.7. The van der Waals surface area contributed by atoms with Gasteiger partial charge in [-0.15, -0.1) is 0 Å². The number of thiazole rings is 1. The topological polar surface area (TPSA) is 82.8 Å². The van der Waals surface area contributed by atoms with E-state index in [1.54, 1.807) is 30.7 Å². The zero-order chi connectivity index (χ0) is 23.5. The second-order valence-corrected chi connectivity index (χ2v) is 8.77. The number of carbonyl (C=O) groups is 1. The number of ether oxygens (including phenoxy) is 2. The van der Waals surface area contributed by atoms with Crippen molar-refractivity contribution >= 4 is 23.4 Å². The van der Waals surface area contributed by atoms with Crippen molar-refractivity contribution in [3.8, 4) is 5.75 Å². The summed E-state index contributed by atoms with van der Waals surface area (Å²) in [6.07, 6.45) is 3.33. The second kappa shape index (κ2) is 9.54. The van der Waals surface area contributed by atoms with Gasteiger partial charge in [-0.1, -0.05) is 35.6 Å². The van der Waals surface area contributed by atoms with Crippen LogP contribution in [0.15, 0.2) is 69.7 Å². The van der Waals surface area contributed by atoms with E-state index in [1.807, 2.05) is 56.3 Å². The van der Waals surface area contributed by atoms with Crippen molar-refractivity contribution in [2.45, 2.75) is 39.8 Å². The average molecular weight is 464 g/mol. The van der Waals surface area contributed by atoms with E-state index in [4.69, 9.17) is 9.47 Å². The molecule has 0 bridgehead atoms. The first-order valence-corrected chi connectivity index (χ1v) is 11.6. The highest BCUT2D eigenvalue weighted by Crippen LogP contribution is 2.36. The van der Waals surface area contributed by atoms with Gasteiger partial charge >= 0.3 is 5.97 Å². The zero-order valence-corrected chi connectivity index (χ0v) is 19.8. The molecule has 0 aliphatic carbocycles. The predicted octanol–water partition coefficient (Wildman–Crippen LogP) is 2.98. The quantitative estimate of drug-likeness (QED) is 0.525. The van der Waals surface area contributed by atoms with Gasteiger partial charge in [0.15, 0.2) is 4.80 Å². The Morgan fingerprint density at radius 1 is 1.21 bits per heavy atom. The number of aromatic nitrogens is 2. The Kier molecular flexibility index (Phi) is 6.55. The third-order valence-corrected chi connectivity index (χ3v) is 6.04. The molecule has 1 aliphatic heterocycles. The fourth-order valence-electron chi connectivity index (χ4n) is 3.75. The van der Waals surface area contributed by atoms with Crippen LogP contribution in [-0.2, 0) is 9.53 Å². The lowest BCUT2D eigenvalue weighted by Gasteiger charge is -2.26. The molecule has 0 radical (unpaired) electrons. The molecule has 0 amide bonds. The maximum absolute atomic E-state index is 13.6. The third-order valence-electron chi connectivity index (χ3n) is 5.06. The maximum Gasteiger partial charge on any atom is 0.338 e. The van der Waals surface area contributed by atoms with Gasteiger partial charge in [-0.2, -0.15) is 0 Å². The van der Waals surface area contributed by atoms with Gasteiger partial charge < -0.3 is 9.47 Å².